The number of urea groups is 1. The largest absolute Gasteiger partial charge is 0.468 e. The first-order valence-corrected chi connectivity index (χ1v) is 9.51. The van der Waals surface area contributed by atoms with Crippen LogP contribution < -0.4 is 10.6 Å². The molecule has 138 valence electrons. The number of amides is 2. The molecule has 4 atom stereocenters. The summed E-state index contributed by atoms with van der Waals surface area (Å²) in [5, 5.41) is 6.26. The Morgan fingerprint density at radius 3 is 2.92 bits per heavy atom. The molecule has 0 aromatic carbocycles. The number of likely N-dealkylation sites (tertiary alicyclic amines) is 1. The van der Waals surface area contributed by atoms with Gasteiger partial charge in [-0.15, -0.1) is 0 Å². The first kappa shape index (κ1) is 16.9. The number of nitrogens with one attached hydrogen (secondary N) is 2. The molecule has 0 spiro atoms. The second-order valence-corrected chi connectivity index (χ2v) is 8.17. The summed E-state index contributed by atoms with van der Waals surface area (Å²) in [5.74, 6) is 1.38. The summed E-state index contributed by atoms with van der Waals surface area (Å²) in [6, 6.07) is 4.13. The van der Waals surface area contributed by atoms with Crippen LogP contribution in [0, 0.1) is 11.3 Å². The predicted molar refractivity (Wildman–Crippen MR) is 94.2 cm³/mol. The second-order valence-electron chi connectivity index (χ2n) is 8.17. The quantitative estimate of drug-likeness (QED) is 0.859. The lowest BCUT2D eigenvalue weighted by atomic mass is 9.57. The van der Waals surface area contributed by atoms with E-state index in [-0.39, 0.29) is 23.5 Å². The molecular formula is C19H29N3O3. The molecule has 1 aliphatic carbocycles. The third-order valence-corrected chi connectivity index (χ3v) is 6.30. The van der Waals surface area contributed by atoms with Crippen LogP contribution >= 0.6 is 0 Å². The highest BCUT2D eigenvalue weighted by Crippen LogP contribution is 2.52. The molecule has 2 N–H and O–H groups in total. The zero-order valence-electron chi connectivity index (χ0n) is 15.2. The molecular weight excluding hydrogens is 318 g/mol. The highest BCUT2D eigenvalue weighted by molar-refractivity contribution is 5.74. The van der Waals surface area contributed by atoms with Gasteiger partial charge < -0.3 is 19.8 Å². The molecule has 6 heteroatoms. The van der Waals surface area contributed by atoms with E-state index in [0.29, 0.717) is 18.6 Å². The fourth-order valence-corrected chi connectivity index (χ4v) is 4.94. The molecule has 25 heavy (non-hydrogen) atoms. The van der Waals surface area contributed by atoms with Gasteiger partial charge in [-0.2, -0.15) is 0 Å². The molecule has 2 saturated heterocycles. The van der Waals surface area contributed by atoms with Gasteiger partial charge in [-0.1, -0.05) is 13.8 Å². The van der Waals surface area contributed by atoms with Crippen molar-refractivity contribution in [1.29, 1.82) is 0 Å². The number of furan rings is 1. The standard InChI is InChI=1S/C19H29N3O3/c1-19(2)16(13-7-11-25-17(13)19)21-18(23)20-12-14(15-6-5-10-24-15)22-8-3-4-9-22/h5-6,10,13-14,16-17H,3-4,7-9,11-12H2,1-2H3,(H2,20,21,23)/t13-,14+,16+,17-/m0/s1. The number of carbonyl (C=O) groups excluding carboxylic acids is 1. The maximum Gasteiger partial charge on any atom is 0.315 e. The summed E-state index contributed by atoms with van der Waals surface area (Å²) in [5.41, 5.74) is 0.00781. The van der Waals surface area contributed by atoms with Crippen LogP contribution in [0.25, 0.3) is 0 Å². The molecule has 3 fully saturated rings. The van der Waals surface area contributed by atoms with Gasteiger partial charge in [0.15, 0.2) is 0 Å². The van der Waals surface area contributed by atoms with E-state index in [9.17, 15) is 4.79 Å². The minimum Gasteiger partial charge on any atom is -0.468 e. The summed E-state index contributed by atoms with van der Waals surface area (Å²) in [6.45, 7) is 7.86. The normalized spacial score (nSPS) is 32.0. The molecule has 0 radical (unpaired) electrons. The fraction of sp³-hybridized carbons (Fsp3) is 0.737. The average Bonchev–Trinajstić information content (AvgIpc) is 3.33. The summed E-state index contributed by atoms with van der Waals surface area (Å²) in [6.07, 6.45) is 5.46. The van der Waals surface area contributed by atoms with Gasteiger partial charge in [0, 0.05) is 30.5 Å². The minimum absolute atomic E-state index is 0.00781. The van der Waals surface area contributed by atoms with Crippen LogP contribution in [0.4, 0.5) is 4.79 Å². The molecule has 3 aliphatic rings. The van der Waals surface area contributed by atoms with E-state index in [1.807, 2.05) is 12.1 Å². The van der Waals surface area contributed by atoms with Gasteiger partial charge in [-0.3, -0.25) is 4.90 Å². The zero-order chi connectivity index (χ0) is 17.4. The van der Waals surface area contributed by atoms with Crippen molar-refractivity contribution in [3.05, 3.63) is 24.2 Å². The second kappa shape index (κ2) is 6.65. The van der Waals surface area contributed by atoms with Crippen molar-refractivity contribution in [1.82, 2.24) is 15.5 Å². The van der Waals surface area contributed by atoms with E-state index in [1.54, 1.807) is 6.26 Å². The van der Waals surface area contributed by atoms with Crippen LogP contribution in [-0.4, -0.2) is 49.3 Å². The Labute approximate surface area is 149 Å². The third kappa shape index (κ3) is 3.06. The SMILES string of the molecule is CC1(C)[C@H](NC(=O)NC[C@H](c2ccco2)N2CCCC2)[C@@H]2CCO[C@@H]21. The number of fused-ring (bicyclic) bond motifs is 1. The molecule has 0 unspecified atom stereocenters. The summed E-state index contributed by atoms with van der Waals surface area (Å²) < 4.78 is 11.4. The van der Waals surface area contributed by atoms with Crippen LogP contribution in [0.1, 0.15) is 44.9 Å². The molecule has 1 aromatic rings. The van der Waals surface area contributed by atoms with E-state index in [4.69, 9.17) is 9.15 Å². The maximum absolute atomic E-state index is 12.5. The van der Waals surface area contributed by atoms with Gasteiger partial charge in [0.05, 0.1) is 18.4 Å². The Morgan fingerprint density at radius 2 is 2.20 bits per heavy atom. The van der Waals surface area contributed by atoms with Crippen molar-refractivity contribution in [2.45, 2.75) is 51.3 Å². The van der Waals surface area contributed by atoms with Gasteiger partial charge in [0.2, 0.25) is 0 Å². The van der Waals surface area contributed by atoms with Gasteiger partial charge in [0.25, 0.3) is 0 Å². The van der Waals surface area contributed by atoms with E-state index >= 15 is 0 Å². The Bertz CT molecular complexity index is 595. The van der Waals surface area contributed by atoms with Crippen LogP contribution in [0.3, 0.4) is 0 Å². The van der Waals surface area contributed by atoms with Crippen LogP contribution in [0.5, 0.6) is 0 Å². The number of ether oxygens (including phenoxy) is 1. The number of carbonyl (C=O) groups is 1. The van der Waals surface area contributed by atoms with Crippen molar-refractivity contribution in [2.24, 2.45) is 11.3 Å². The zero-order valence-corrected chi connectivity index (χ0v) is 15.2. The topological polar surface area (TPSA) is 66.7 Å². The molecule has 0 bridgehead atoms. The number of hydrogen-bond acceptors (Lipinski definition) is 4. The van der Waals surface area contributed by atoms with E-state index in [2.05, 4.69) is 29.4 Å². The monoisotopic (exact) mass is 347 g/mol. The van der Waals surface area contributed by atoms with Crippen molar-refractivity contribution in [3.63, 3.8) is 0 Å². The molecule has 2 amide bonds. The summed E-state index contributed by atoms with van der Waals surface area (Å²) in [4.78, 5) is 14.9. The van der Waals surface area contributed by atoms with Crippen molar-refractivity contribution >= 4 is 6.03 Å². The molecule has 4 rings (SSSR count). The van der Waals surface area contributed by atoms with E-state index < -0.39 is 0 Å². The van der Waals surface area contributed by atoms with E-state index in [0.717, 1.165) is 31.9 Å². The first-order chi connectivity index (χ1) is 12.1. The Balaban J connectivity index is 1.34. The van der Waals surface area contributed by atoms with Crippen molar-refractivity contribution in [2.75, 3.05) is 26.2 Å². The lowest BCUT2D eigenvalue weighted by molar-refractivity contribution is -0.108. The highest BCUT2D eigenvalue weighted by Gasteiger charge is 2.59. The lowest BCUT2D eigenvalue weighted by Gasteiger charge is -2.54. The van der Waals surface area contributed by atoms with Gasteiger partial charge in [-0.05, 0) is 44.5 Å². The molecule has 1 saturated carbocycles. The first-order valence-electron chi connectivity index (χ1n) is 9.51. The summed E-state index contributed by atoms with van der Waals surface area (Å²) >= 11 is 0. The van der Waals surface area contributed by atoms with Crippen molar-refractivity contribution < 1.29 is 13.9 Å². The maximum atomic E-state index is 12.5. The third-order valence-electron chi connectivity index (χ3n) is 6.30. The smallest absolute Gasteiger partial charge is 0.315 e. The highest BCUT2D eigenvalue weighted by atomic mass is 16.5. The molecule has 2 aliphatic heterocycles. The lowest BCUT2D eigenvalue weighted by Crippen LogP contribution is -2.67. The summed E-state index contributed by atoms with van der Waals surface area (Å²) in [7, 11) is 0. The Morgan fingerprint density at radius 1 is 1.40 bits per heavy atom. The van der Waals surface area contributed by atoms with E-state index in [1.165, 1.54) is 12.8 Å². The Kier molecular flexibility index (Phi) is 4.50. The van der Waals surface area contributed by atoms with Gasteiger partial charge in [-0.25, -0.2) is 4.79 Å². The van der Waals surface area contributed by atoms with Crippen LogP contribution in [0.15, 0.2) is 22.8 Å². The van der Waals surface area contributed by atoms with Gasteiger partial charge in [0.1, 0.15) is 5.76 Å². The Hall–Kier alpha value is -1.53. The van der Waals surface area contributed by atoms with Crippen LogP contribution in [0.2, 0.25) is 0 Å². The molecule has 3 heterocycles. The number of nitrogens with zero attached hydrogens (tertiary/aromatic N) is 1. The minimum atomic E-state index is -0.0841. The number of hydrogen-bond donors (Lipinski definition) is 2. The molecule has 1 aromatic heterocycles. The number of rotatable bonds is 5. The van der Waals surface area contributed by atoms with Crippen molar-refractivity contribution in [3.8, 4) is 0 Å². The van der Waals surface area contributed by atoms with Crippen LogP contribution in [-0.2, 0) is 4.74 Å². The fourth-order valence-electron chi connectivity index (χ4n) is 4.94. The predicted octanol–water partition coefficient (Wildman–Crippen LogP) is 2.53. The molecule has 6 nitrogen and oxygen atoms in total. The van der Waals surface area contributed by atoms with Gasteiger partial charge >= 0.3 is 6.03 Å². The average molecular weight is 347 g/mol.